The molecule has 2 aromatic carbocycles. The molecule has 0 aliphatic carbocycles. The average Bonchev–Trinajstić information content (AvgIpc) is 3.45. The zero-order valence-corrected chi connectivity index (χ0v) is 20.3. The SMILES string of the molecule is Cn1c(=O)c2c(nc3n(CCCC(=O)N/N=C\c4ccc(O)cc4)c(-c4ccccc4)cn23)n(C)c1=O. The van der Waals surface area contributed by atoms with Crippen LogP contribution < -0.4 is 16.7 Å². The summed E-state index contributed by atoms with van der Waals surface area (Å²) in [4.78, 5) is 42.4. The number of aromatic hydroxyl groups is 1. The van der Waals surface area contributed by atoms with E-state index in [0.717, 1.165) is 21.4 Å². The Labute approximate surface area is 210 Å². The lowest BCUT2D eigenvalue weighted by Gasteiger charge is -2.09. The van der Waals surface area contributed by atoms with Crippen LogP contribution in [0.15, 0.2) is 75.5 Å². The number of carbonyl (C=O) groups is 1. The van der Waals surface area contributed by atoms with E-state index in [1.54, 1.807) is 23.6 Å². The summed E-state index contributed by atoms with van der Waals surface area (Å²) in [6, 6.07) is 16.2. The molecule has 11 nitrogen and oxygen atoms in total. The second kappa shape index (κ2) is 9.61. The van der Waals surface area contributed by atoms with Gasteiger partial charge in [0.05, 0.1) is 11.9 Å². The van der Waals surface area contributed by atoms with E-state index in [4.69, 9.17) is 0 Å². The summed E-state index contributed by atoms with van der Waals surface area (Å²) >= 11 is 0. The number of rotatable bonds is 7. The van der Waals surface area contributed by atoms with Gasteiger partial charge in [-0.3, -0.25) is 23.1 Å². The number of aromatic nitrogens is 5. The van der Waals surface area contributed by atoms with Crippen molar-refractivity contribution < 1.29 is 9.90 Å². The van der Waals surface area contributed by atoms with Crippen LogP contribution in [0, 0.1) is 0 Å². The highest BCUT2D eigenvalue weighted by Gasteiger charge is 2.20. The Kier molecular flexibility index (Phi) is 6.18. The first kappa shape index (κ1) is 23.8. The van der Waals surface area contributed by atoms with Gasteiger partial charge in [-0.1, -0.05) is 30.3 Å². The van der Waals surface area contributed by atoms with E-state index in [1.807, 2.05) is 41.1 Å². The first-order chi connectivity index (χ1) is 17.8. The minimum absolute atomic E-state index is 0.156. The Morgan fingerprint density at radius 3 is 2.51 bits per heavy atom. The molecule has 0 aliphatic heterocycles. The maximum atomic E-state index is 13.0. The van der Waals surface area contributed by atoms with Gasteiger partial charge in [-0.15, -0.1) is 0 Å². The van der Waals surface area contributed by atoms with Gasteiger partial charge in [0.2, 0.25) is 11.7 Å². The lowest BCUT2D eigenvalue weighted by molar-refractivity contribution is -0.121. The fourth-order valence-electron chi connectivity index (χ4n) is 4.27. The molecule has 188 valence electrons. The Balaban J connectivity index is 1.42. The summed E-state index contributed by atoms with van der Waals surface area (Å²) in [6.45, 7) is 0.452. The van der Waals surface area contributed by atoms with Crippen LogP contribution in [0.4, 0.5) is 0 Å². The van der Waals surface area contributed by atoms with Gasteiger partial charge in [0.1, 0.15) is 5.75 Å². The van der Waals surface area contributed by atoms with Crippen LogP contribution >= 0.6 is 0 Å². The fraction of sp³-hybridized carbons (Fsp3) is 0.192. The lowest BCUT2D eigenvalue weighted by Crippen LogP contribution is -2.37. The number of phenolic OH excluding ortho intramolecular Hbond substituents is 1. The zero-order chi connectivity index (χ0) is 26.1. The van der Waals surface area contributed by atoms with Crippen LogP contribution in [-0.2, 0) is 25.4 Å². The van der Waals surface area contributed by atoms with Crippen molar-refractivity contribution in [3.05, 3.63) is 87.2 Å². The highest BCUT2D eigenvalue weighted by molar-refractivity contribution is 5.82. The molecule has 0 unspecified atom stereocenters. The van der Waals surface area contributed by atoms with E-state index in [9.17, 15) is 19.5 Å². The van der Waals surface area contributed by atoms with Gasteiger partial charge in [0, 0.05) is 33.3 Å². The molecule has 0 radical (unpaired) electrons. The number of nitrogens with zero attached hydrogens (tertiary/aromatic N) is 6. The predicted molar refractivity (Wildman–Crippen MR) is 140 cm³/mol. The second-order valence-electron chi connectivity index (χ2n) is 8.68. The molecule has 0 fully saturated rings. The molecule has 1 amide bonds. The van der Waals surface area contributed by atoms with Crippen molar-refractivity contribution in [2.45, 2.75) is 19.4 Å². The van der Waals surface area contributed by atoms with Crippen molar-refractivity contribution in [3.8, 4) is 17.0 Å². The predicted octanol–water partition coefficient (Wildman–Crippen LogP) is 1.99. The van der Waals surface area contributed by atoms with Crippen LogP contribution in [-0.4, -0.2) is 40.3 Å². The van der Waals surface area contributed by atoms with Crippen molar-refractivity contribution in [3.63, 3.8) is 0 Å². The molecule has 0 saturated heterocycles. The molecule has 0 atom stereocenters. The molecule has 5 rings (SSSR count). The van der Waals surface area contributed by atoms with Crippen molar-refractivity contribution in [1.82, 2.24) is 28.5 Å². The summed E-state index contributed by atoms with van der Waals surface area (Å²) in [7, 11) is 3.03. The summed E-state index contributed by atoms with van der Waals surface area (Å²) < 4.78 is 6.09. The molecular weight excluding hydrogens is 474 g/mol. The minimum Gasteiger partial charge on any atom is -0.508 e. The smallest absolute Gasteiger partial charge is 0.332 e. The molecular formula is C26H25N7O4. The highest BCUT2D eigenvalue weighted by Crippen LogP contribution is 2.25. The number of imidazole rings is 2. The summed E-state index contributed by atoms with van der Waals surface area (Å²) in [5, 5.41) is 13.3. The minimum atomic E-state index is -0.447. The molecule has 5 aromatic rings. The number of aryl methyl sites for hydroxylation is 2. The third kappa shape index (κ3) is 4.42. The Hall–Kier alpha value is -4.93. The largest absolute Gasteiger partial charge is 0.508 e. The quantitative estimate of drug-likeness (QED) is 0.262. The van der Waals surface area contributed by atoms with Crippen LogP contribution in [0.1, 0.15) is 18.4 Å². The number of fused-ring (bicyclic) bond motifs is 3. The second-order valence-corrected chi connectivity index (χ2v) is 8.68. The number of hydrogen-bond donors (Lipinski definition) is 2. The molecule has 2 N–H and O–H groups in total. The maximum Gasteiger partial charge on any atom is 0.332 e. The van der Waals surface area contributed by atoms with Crippen LogP contribution in [0.25, 0.3) is 28.2 Å². The topological polar surface area (TPSA) is 128 Å². The highest BCUT2D eigenvalue weighted by atomic mass is 16.3. The number of phenols is 1. The van der Waals surface area contributed by atoms with E-state index in [0.29, 0.717) is 29.9 Å². The van der Waals surface area contributed by atoms with Crippen molar-refractivity contribution in [1.29, 1.82) is 0 Å². The van der Waals surface area contributed by atoms with E-state index in [2.05, 4.69) is 15.5 Å². The molecule has 0 spiro atoms. The Morgan fingerprint density at radius 1 is 1.05 bits per heavy atom. The summed E-state index contributed by atoms with van der Waals surface area (Å²) in [5.41, 5.74) is 4.78. The molecule has 3 heterocycles. The normalized spacial score (nSPS) is 11.6. The van der Waals surface area contributed by atoms with Gasteiger partial charge in [-0.2, -0.15) is 10.1 Å². The van der Waals surface area contributed by atoms with Crippen molar-refractivity contribution in [2.24, 2.45) is 19.2 Å². The number of hydrazone groups is 1. The molecule has 11 heteroatoms. The van der Waals surface area contributed by atoms with Gasteiger partial charge in [0.15, 0.2) is 11.2 Å². The molecule has 3 aromatic heterocycles. The number of hydrogen-bond acceptors (Lipinski definition) is 6. The Bertz CT molecular complexity index is 1760. The van der Waals surface area contributed by atoms with Crippen molar-refractivity contribution in [2.75, 3.05) is 0 Å². The summed E-state index contributed by atoms with van der Waals surface area (Å²) in [5.74, 6) is 0.422. The third-order valence-electron chi connectivity index (χ3n) is 6.21. The van der Waals surface area contributed by atoms with Gasteiger partial charge < -0.3 is 9.67 Å². The first-order valence-electron chi connectivity index (χ1n) is 11.7. The molecule has 0 aliphatic rings. The molecule has 0 bridgehead atoms. The van der Waals surface area contributed by atoms with E-state index in [1.165, 1.54) is 30.0 Å². The number of amides is 1. The average molecular weight is 500 g/mol. The Morgan fingerprint density at radius 2 is 1.78 bits per heavy atom. The van der Waals surface area contributed by atoms with Crippen LogP contribution in [0.2, 0.25) is 0 Å². The molecule has 0 saturated carbocycles. The maximum absolute atomic E-state index is 13.0. The molecule has 37 heavy (non-hydrogen) atoms. The van der Waals surface area contributed by atoms with E-state index in [-0.39, 0.29) is 18.1 Å². The number of carbonyl (C=O) groups excluding carboxylic acids is 1. The van der Waals surface area contributed by atoms with Crippen LogP contribution in [0.3, 0.4) is 0 Å². The van der Waals surface area contributed by atoms with Gasteiger partial charge in [-0.25, -0.2) is 10.2 Å². The monoisotopic (exact) mass is 499 g/mol. The lowest BCUT2D eigenvalue weighted by atomic mass is 10.1. The first-order valence-corrected chi connectivity index (χ1v) is 11.7. The standard InChI is InChI=1S/C26H25N7O4/c1-30-23-22(24(36)31(2)26(30)37)33-16-20(18-7-4-3-5-8-18)32(25(33)28-23)14-6-9-21(35)29-27-15-17-10-12-19(34)13-11-17/h3-5,7-8,10-13,15-16,34H,6,9,14H2,1-2H3,(H,29,35)/b27-15-. The third-order valence-corrected chi connectivity index (χ3v) is 6.21. The fourth-order valence-corrected chi connectivity index (χ4v) is 4.27. The van der Waals surface area contributed by atoms with E-state index >= 15 is 0 Å². The van der Waals surface area contributed by atoms with Crippen LogP contribution in [0.5, 0.6) is 5.75 Å². The number of nitrogens with one attached hydrogen (secondary N) is 1. The van der Waals surface area contributed by atoms with Gasteiger partial charge in [0.25, 0.3) is 5.56 Å². The van der Waals surface area contributed by atoms with Crippen molar-refractivity contribution >= 4 is 29.1 Å². The summed E-state index contributed by atoms with van der Waals surface area (Å²) in [6.07, 6.45) is 4.05. The van der Waals surface area contributed by atoms with Gasteiger partial charge in [-0.05, 0) is 41.8 Å². The zero-order valence-electron chi connectivity index (χ0n) is 20.3. The van der Waals surface area contributed by atoms with E-state index < -0.39 is 11.2 Å². The number of benzene rings is 2. The van der Waals surface area contributed by atoms with Gasteiger partial charge >= 0.3 is 5.69 Å².